The molecule has 1 aromatic carbocycles. The Hall–Kier alpha value is -2.08. The van der Waals surface area contributed by atoms with Gasteiger partial charge in [0.05, 0.1) is 5.92 Å². The summed E-state index contributed by atoms with van der Waals surface area (Å²) < 4.78 is 0. The first-order chi connectivity index (χ1) is 13.0. The number of hydrogen-bond acceptors (Lipinski definition) is 4. The molecule has 1 saturated carbocycles. The fourth-order valence-electron chi connectivity index (χ4n) is 4.10. The number of amides is 1. The van der Waals surface area contributed by atoms with Crippen LogP contribution >= 0.6 is 0 Å². The van der Waals surface area contributed by atoms with Crippen molar-refractivity contribution in [2.75, 3.05) is 37.6 Å². The SMILES string of the molecule is Cc1cccc(N2CCN(CCC(=O)NC3CCC(C(=O)O)CC3)CC2)c1. The number of carbonyl (C=O) groups excluding carboxylic acids is 1. The molecule has 1 aliphatic carbocycles. The molecule has 27 heavy (non-hydrogen) atoms. The maximum Gasteiger partial charge on any atom is 0.306 e. The van der Waals surface area contributed by atoms with Crippen LogP contribution in [-0.2, 0) is 9.59 Å². The molecule has 148 valence electrons. The second-order valence-electron chi connectivity index (χ2n) is 7.87. The van der Waals surface area contributed by atoms with E-state index in [2.05, 4.69) is 46.3 Å². The van der Waals surface area contributed by atoms with Gasteiger partial charge in [-0.1, -0.05) is 12.1 Å². The van der Waals surface area contributed by atoms with E-state index in [0.29, 0.717) is 19.3 Å². The summed E-state index contributed by atoms with van der Waals surface area (Å²) in [7, 11) is 0. The zero-order valence-electron chi connectivity index (χ0n) is 16.2. The smallest absolute Gasteiger partial charge is 0.306 e. The van der Waals surface area contributed by atoms with Crippen LogP contribution in [0.3, 0.4) is 0 Å². The Morgan fingerprint density at radius 1 is 1.11 bits per heavy atom. The quantitative estimate of drug-likeness (QED) is 0.800. The van der Waals surface area contributed by atoms with Crippen molar-refractivity contribution in [2.24, 2.45) is 5.92 Å². The van der Waals surface area contributed by atoms with E-state index < -0.39 is 5.97 Å². The summed E-state index contributed by atoms with van der Waals surface area (Å²) in [5.74, 6) is -0.845. The standard InChI is InChI=1S/C21H31N3O3/c1-16-3-2-4-19(15-16)24-13-11-23(12-14-24)10-9-20(25)22-18-7-5-17(6-8-18)21(26)27/h2-4,15,17-18H,5-14H2,1H3,(H,22,25)(H,26,27). The lowest BCUT2D eigenvalue weighted by molar-refractivity contribution is -0.142. The third kappa shape index (κ3) is 5.70. The van der Waals surface area contributed by atoms with Gasteiger partial charge < -0.3 is 15.3 Å². The van der Waals surface area contributed by atoms with Crippen LogP contribution < -0.4 is 10.2 Å². The second kappa shape index (κ2) is 9.22. The average Bonchev–Trinajstić information content (AvgIpc) is 2.67. The summed E-state index contributed by atoms with van der Waals surface area (Å²) in [6.45, 7) is 6.84. The molecule has 0 bridgehead atoms. The molecule has 1 aliphatic heterocycles. The lowest BCUT2D eigenvalue weighted by Crippen LogP contribution is -2.47. The fourth-order valence-corrected chi connectivity index (χ4v) is 4.10. The van der Waals surface area contributed by atoms with E-state index in [-0.39, 0.29) is 17.9 Å². The molecule has 0 spiro atoms. The van der Waals surface area contributed by atoms with E-state index in [4.69, 9.17) is 5.11 Å². The molecule has 3 rings (SSSR count). The molecule has 2 fully saturated rings. The van der Waals surface area contributed by atoms with Gasteiger partial charge >= 0.3 is 5.97 Å². The maximum absolute atomic E-state index is 12.2. The average molecular weight is 373 g/mol. The summed E-state index contributed by atoms with van der Waals surface area (Å²) in [4.78, 5) is 28.0. The van der Waals surface area contributed by atoms with Gasteiger partial charge in [-0.05, 0) is 50.3 Å². The van der Waals surface area contributed by atoms with E-state index in [0.717, 1.165) is 45.6 Å². The third-order valence-corrected chi connectivity index (χ3v) is 5.84. The third-order valence-electron chi connectivity index (χ3n) is 5.84. The molecular weight excluding hydrogens is 342 g/mol. The van der Waals surface area contributed by atoms with Gasteiger partial charge in [-0.15, -0.1) is 0 Å². The molecule has 1 saturated heterocycles. The van der Waals surface area contributed by atoms with Crippen LogP contribution in [0.2, 0.25) is 0 Å². The predicted octanol–water partition coefficient (Wildman–Crippen LogP) is 2.27. The van der Waals surface area contributed by atoms with Gasteiger partial charge in [-0.2, -0.15) is 0 Å². The Kier molecular flexibility index (Phi) is 6.72. The van der Waals surface area contributed by atoms with Gasteiger partial charge in [0.2, 0.25) is 5.91 Å². The largest absolute Gasteiger partial charge is 0.481 e. The van der Waals surface area contributed by atoms with Crippen LogP contribution in [0.4, 0.5) is 5.69 Å². The molecule has 0 atom stereocenters. The Balaban J connectivity index is 1.34. The number of carboxylic acids is 1. The zero-order valence-corrected chi connectivity index (χ0v) is 16.2. The van der Waals surface area contributed by atoms with Crippen LogP contribution in [0.15, 0.2) is 24.3 Å². The highest BCUT2D eigenvalue weighted by molar-refractivity contribution is 5.76. The molecule has 6 heteroatoms. The number of piperazine rings is 1. The van der Waals surface area contributed by atoms with Crippen LogP contribution in [0.5, 0.6) is 0 Å². The normalized spacial score (nSPS) is 23.8. The van der Waals surface area contributed by atoms with Crippen molar-refractivity contribution in [3.05, 3.63) is 29.8 Å². The summed E-state index contributed by atoms with van der Waals surface area (Å²) in [5.41, 5.74) is 2.56. The van der Waals surface area contributed by atoms with Gasteiger partial charge in [-0.3, -0.25) is 14.5 Å². The highest BCUT2D eigenvalue weighted by Gasteiger charge is 2.26. The minimum absolute atomic E-state index is 0.0925. The number of aryl methyl sites for hydroxylation is 1. The minimum Gasteiger partial charge on any atom is -0.481 e. The highest BCUT2D eigenvalue weighted by atomic mass is 16.4. The number of anilines is 1. The van der Waals surface area contributed by atoms with Crippen LogP contribution in [0.25, 0.3) is 0 Å². The van der Waals surface area contributed by atoms with Crippen molar-refractivity contribution in [1.29, 1.82) is 0 Å². The van der Waals surface area contributed by atoms with E-state index >= 15 is 0 Å². The van der Waals surface area contributed by atoms with Crippen molar-refractivity contribution in [3.63, 3.8) is 0 Å². The molecule has 6 nitrogen and oxygen atoms in total. The first-order valence-electron chi connectivity index (χ1n) is 10.1. The Labute approximate surface area is 161 Å². The lowest BCUT2D eigenvalue weighted by Gasteiger charge is -2.36. The fraction of sp³-hybridized carbons (Fsp3) is 0.619. The maximum atomic E-state index is 12.2. The molecule has 2 N–H and O–H groups in total. The van der Waals surface area contributed by atoms with Crippen molar-refractivity contribution in [3.8, 4) is 0 Å². The van der Waals surface area contributed by atoms with Crippen molar-refractivity contribution >= 4 is 17.6 Å². The molecular formula is C21H31N3O3. The van der Waals surface area contributed by atoms with Crippen molar-refractivity contribution in [1.82, 2.24) is 10.2 Å². The highest BCUT2D eigenvalue weighted by Crippen LogP contribution is 2.24. The minimum atomic E-state index is -0.704. The molecule has 0 aromatic heterocycles. The Morgan fingerprint density at radius 3 is 2.44 bits per heavy atom. The Morgan fingerprint density at radius 2 is 1.81 bits per heavy atom. The summed E-state index contributed by atoms with van der Waals surface area (Å²) in [5, 5.41) is 12.1. The van der Waals surface area contributed by atoms with Crippen molar-refractivity contribution in [2.45, 2.75) is 45.1 Å². The first-order valence-corrected chi connectivity index (χ1v) is 10.1. The number of nitrogens with zero attached hydrogens (tertiary/aromatic N) is 2. The monoisotopic (exact) mass is 373 g/mol. The number of aliphatic carboxylic acids is 1. The van der Waals surface area contributed by atoms with Gasteiger partial charge in [0.25, 0.3) is 0 Å². The summed E-state index contributed by atoms with van der Waals surface area (Å²) >= 11 is 0. The Bertz CT molecular complexity index is 648. The second-order valence-corrected chi connectivity index (χ2v) is 7.87. The first kappa shape index (κ1) is 19.7. The zero-order chi connectivity index (χ0) is 19.2. The number of benzene rings is 1. The number of rotatable bonds is 6. The molecule has 1 heterocycles. The summed E-state index contributed by atoms with van der Waals surface area (Å²) in [6.07, 6.45) is 3.40. The number of hydrogen-bond donors (Lipinski definition) is 2. The summed E-state index contributed by atoms with van der Waals surface area (Å²) in [6, 6.07) is 8.75. The van der Waals surface area contributed by atoms with Crippen LogP contribution in [0.1, 0.15) is 37.7 Å². The topological polar surface area (TPSA) is 72.9 Å². The lowest BCUT2D eigenvalue weighted by atomic mass is 9.86. The molecule has 2 aliphatic rings. The van der Waals surface area contributed by atoms with E-state index in [1.807, 2.05) is 0 Å². The van der Waals surface area contributed by atoms with Crippen molar-refractivity contribution < 1.29 is 14.7 Å². The number of nitrogens with one attached hydrogen (secondary N) is 1. The molecule has 1 aromatic rings. The number of carbonyl (C=O) groups is 2. The van der Waals surface area contributed by atoms with E-state index in [1.54, 1.807) is 0 Å². The van der Waals surface area contributed by atoms with Gasteiger partial charge in [0.1, 0.15) is 0 Å². The molecule has 1 amide bonds. The van der Waals surface area contributed by atoms with Crippen LogP contribution in [-0.4, -0.2) is 60.6 Å². The van der Waals surface area contributed by atoms with Gasteiger partial charge in [0, 0.05) is 50.9 Å². The molecule has 0 unspecified atom stereocenters. The molecule has 0 radical (unpaired) electrons. The van der Waals surface area contributed by atoms with Gasteiger partial charge in [-0.25, -0.2) is 0 Å². The van der Waals surface area contributed by atoms with Gasteiger partial charge in [0.15, 0.2) is 0 Å². The van der Waals surface area contributed by atoms with E-state index in [1.165, 1.54) is 11.3 Å². The number of carboxylic acid groups (broad SMARTS) is 1. The van der Waals surface area contributed by atoms with E-state index in [9.17, 15) is 9.59 Å². The van der Waals surface area contributed by atoms with Crippen LogP contribution in [0, 0.1) is 12.8 Å². The predicted molar refractivity (Wildman–Crippen MR) is 106 cm³/mol.